The van der Waals surface area contributed by atoms with Gasteiger partial charge in [0.25, 0.3) is 0 Å². The van der Waals surface area contributed by atoms with Crippen LogP contribution in [0, 0.1) is 0 Å². The molecule has 0 radical (unpaired) electrons. The Hall–Kier alpha value is -2.35. The molecule has 1 aromatic heterocycles. The minimum atomic E-state index is -0.362. The van der Waals surface area contributed by atoms with Crippen LogP contribution in [0.15, 0.2) is 29.4 Å². The molecular weight excluding hydrogens is 352 g/mol. The van der Waals surface area contributed by atoms with Gasteiger partial charge in [-0.2, -0.15) is 0 Å². The number of thioether (sulfide) groups is 1. The van der Waals surface area contributed by atoms with Crippen molar-refractivity contribution in [1.29, 1.82) is 0 Å². The third kappa shape index (κ3) is 4.24. The molecule has 1 fully saturated rings. The van der Waals surface area contributed by atoms with Crippen LogP contribution in [0.3, 0.4) is 0 Å². The Morgan fingerprint density at radius 3 is 2.58 bits per heavy atom. The van der Waals surface area contributed by atoms with Gasteiger partial charge >= 0.3 is 0 Å². The third-order valence-corrected chi connectivity index (χ3v) is 5.38. The molecule has 0 saturated heterocycles. The number of nitrogens with zero attached hydrogens (tertiary/aromatic N) is 3. The fourth-order valence-corrected chi connectivity index (χ4v) is 3.62. The topological polar surface area (TPSA) is 100 Å². The van der Waals surface area contributed by atoms with Crippen LogP contribution >= 0.6 is 11.8 Å². The van der Waals surface area contributed by atoms with Crippen LogP contribution in [0.25, 0.3) is 0 Å². The highest BCUT2D eigenvalue weighted by atomic mass is 32.2. The normalized spacial score (nSPS) is 14.8. The number of ketones is 1. The standard InChI is InChI=1S/C18H22N4O3S/c1-11(16(24)12-5-7-14(25-2)8-6-12)26-18-21-20-17(13-3-4-13)22(18)10-9-15(19)23/h5-8,11,13H,3-4,9-10H2,1-2H3,(H2,19,23). The molecule has 3 rings (SSSR count). The van der Waals surface area contributed by atoms with E-state index in [9.17, 15) is 9.59 Å². The first-order valence-electron chi connectivity index (χ1n) is 8.56. The fraction of sp³-hybridized carbons (Fsp3) is 0.444. The molecule has 1 aliphatic carbocycles. The maximum Gasteiger partial charge on any atom is 0.219 e. The number of rotatable bonds is 9. The van der Waals surface area contributed by atoms with Crippen LogP contribution in [0.4, 0.5) is 0 Å². The smallest absolute Gasteiger partial charge is 0.219 e. The van der Waals surface area contributed by atoms with Crippen molar-refractivity contribution in [2.45, 2.75) is 49.1 Å². The van der Waals surface area contributed by atoms with Crippen LogP contribution in [0.1, 0.15) is 48.3 Å². The first kappa shape index (κ1) is 18.4. The number of benzene rings is 1. The van der Waals surface area contributed by atoms with E-state index in [2.05, 4.69) is 10.2 Å². The molecule has 1 amide bonds. The summed E-state index contributed by atoms with van der Waals surface area (Å²) in [6.07, 6.45) is 2.39. The molecule has 1 aliphatic rings. The molecule has 1 heterocycles. The second-order valence-electron chi connectivity index (χ2n) is 6.34. The van der Waals surface area contributed by atoms with Gasteiger partial charge in [0.05, 0.1) is 12.4 Å². The first-order valence-corrected chi connectivity index (χ1v) is 9.44. The van der Waals surface area contributed by atoms with Crippen molar-refractivity contribution in [2.24, 2.45) is 5.73 Å². The Bertz CT molecular complexity index is 799. The van der Waals surface area contributed by atoms with E-state index >= 15 is 0 Å². The van der Waals surface area contributed by atoms with E-state index in [1.807, 2.05) is 11.5 Å². The highest BCUT2D eigenvalue weighted by molar-refractivity contribution is 8.00. The molecule has 7 nitrogen and oxygen atoms in total. The number of hydrogen-bond acceptors (Lipinski definition) is 6. The van der Waals surface area contributed by atoms with Gasteiger partial charge < -0.3 is 15.0 Å². The minimum absolute atomic E-state index is 0.00933. The van der Waals surface area contributed by atoms with Gasteiger partial charge in [-0.05, 0) is 44.0 Å². The number of carbonyl (C=O) groups excluding carboxylic acids is 2. The van der Waals surface area contributed by atoms with E-state index in [0.29, 0.717) is 28.9 Å². The molecule has 0 bridgehead atoms. The number of nitrogens with two attached hydrogens (primary N) is 1. The monoisotopic (exact) mass is 374 g/mol. The summed E-state index contributed by atoms with van der Waals surface area (Å²) in [5, 5.41) is 8.85. The molecule has 1 atom stereocenters. The van der Waals surface area contributed by atoms with Crippen molar-refractivity contribution in [3.8, 4) is 5.75 Å². The summed E-state index contributed by atoms with van der Waals surface area (Å²) in [6.45, 7) is 2.29. The highest BCUT2D eigenvalue weighted by Gasteiger charge is 2.31. The second kappa shape index (κ2) is 7.90. The van der Waals surface area contributed by atoms with Gasteiger partial charge in [0, 0.05) is 24.4 Å². The zero-order chi connectivity index (χ0) is 18.7. The lowest BCUT2D eigenvalue weighted by molar-refractivity contribution is -0.118. The Balaban J connectivity index is 1.74. The highest BCUT2D eigenvalue weighted by Crippen LogP contribution is 2.40. The Labute approximate surface area is 156 Å². The van der Waals surface area contributed by atoms with Crippen LogP contribution in [0.5, 0.6) is 5.75 Å². The van der Waals surface area contributed by atoms with Gasteiger partial charge in [-0.1, -0.05) is 11.8 Å². The quantitative estimate of drug-likeness (QED) is 0.534. The van der Waals surface area contributed by atoms with Crippen LogP contribution in [-0.2, 0) is 11.3 Å². The number of methoxy groups -OCH3 is 1. The summed E-state index contributed by atoms with van der Waals surface area (Å²) in [5.41, 5.74) is 5.91. The van der Waals surface area contributed by atoms with Gasteiger partial charge in [-0.15, -0.1) is 10.2 Å². The van der Waals surface area contributed by atoms with Crippen molar-refractivity contribution in [3.63, 3.8) is 0 Å². The number of carbonyl (C=O) groups is 2. The van der Waals surface area contributed by atoms with Gasteiger partial charge in [0.15, 0.2) is 10.9 Å². The van der Waals surface area contributed by atoms with E-state index in [-0.39, 0.29) is 23.4 Å². The van der Waals surface area contributed by atoms with Crippen molar-refractivity contribution in [1.82, 2.24) is 14.8 Å². The first-order chi connectivity index (χ1) is 12.5. The lowest BCUT2D eigenvalue weighted by Gasteiger charge is -2.12. The predicted molar refractivity (Wildman–Crippen MR) is 98.5 cm³/mol. The number of primary amides is 1. The molecular formula is C18H22N4O3S. The van der Waals surface area contributed by atoms with Gasteiger partial charge in [0.2, 0.25) is 5.91 Å². The molecule has 2 aromatic rings. The lowest BCUT2D eigenvalue weighted by Crippen LogP contribution is -2.17. The maximum absolute atomic E-state index is 12.7. The summed E-state index contributed by atoms with van der Waals surface area (Å²) < 4.78 is 7.06. The summed E-state index contributed by atoms with van der Waals surface area (Å²) >= 11 is 1.36. The lowest BCUT2D eigenvalue weighted by atomic mass is 10.1. The van der Waals surface area contributed by atoms with E-state index in [4.69, 9.17) is 10.5 Å². The van der Waals surface area contributed by atoms with Crippen molar-refractivity contribution < 1.29 is 14.3 Å². The van der Waals surface area contributed by atoms with Gasteiger partial charge in [-0.3, -0.25) is 9.59 Å². The molecule has 8 heteroatoms. The zero-order valence-electron chi connectivity index (χ0n) is 14.8. The van der Waals surface area contributed by atoms with E-state index < -0.39 is 0 Å². The molecule has 1 unspecified atom stereocenters. The molecule has 0 spiro atoms. The van der Waals surface area contributed by atoms with Gasteiger partial charge in [0.1, 0.15) is 11.6 Å². The maximum atomic E-state index is 12.7. The Kier molecular flexibility index (Phi) is 5.61. The van der Waals surface area contributed by atoms with Crippen molar-refractivity contribution >= 4 is 23.5 Å². The van der Waals surface area contributed by atoms with E-state index in [1.165, 1.54) is 11.8 Å². The summed E-state index contributed by atoms with van der Waals surface area (Å²) in [4.78, 5) is 23.9. The number of Topliss-reactive ketones (excluding diaryl/α,β-unsaturated/α-hetero) is 1. The second-order valence-corrected chi connectivity index (χ2v) is 7.64. The average molecular weight is 374 g/mol. The molecule has 1 saturated carbocycles. The van der Waals surface area contributed by atoms with E-state index in [0.717, 1.165) is 18.7 Å². The molecule has 1 aromatic carbocycles. The number of ether oxygens (including phenoxy) is 1. The van der Waals surface area contributed by atoms with Crippen molar-refractivity contribution in [2.75, 3.05) is 7.11 Å². The summed E-state index contributed by atoms with van der Waals surface area (Å²) in [5.74, 6) is 1.64. The molecule has 138 valence electrons. The SMILES string of the molecule is COc1ccc(C(=O)C(C)Sc2nnc(C3CC3)n2CCC(N)=O)cc1. The minimum Gasteiger partial charge on any atom is -0.497 e. The van der Waals surface area contributed by atoms with Crippen LogP contribution < -0.4 is 10.5 Å². The predicted octanol–water partition coefficient (Wildman–Crippen LogP) is 2.40. The van der Waals surface area contributed by atoms with E-state index in [1.54, 1.807) is 31.4 Å². The molecule has 26 heavy (non-hydrogen) atoms. The third-order valence-electron chi connectivity index (χ3n) is 4.30. The Morgan fingerprint density at radius 1 is 1.31 bits per heavy atom. The Morgan fingerprint density at radius 2 is 2.00 bits per heavy atom. The van der Waals surface area contributed by atoms with Crippen LogP contribution in [-0.4, -0.2) is 38.8 Å². The molecule has 0 aliphatic heterocycles. The zero-order valence-corrected chi connectivity index (χ0v) is 15.7. The van der Waals surface area contributed by atoms with Crippen molar-refractivity contribution in [3.05, 3.63) is 35.7 Å². The van der Waals surface area contributed by atoms with Crippen LogP contribution in [0.2, 0.25) is 0 Å². The molecule has 2 N–H and O–H groups in total. The number of amides is 1. The summed E-state index contributed by atoms with van der Waals surface area (Å²) in [6, 6.07) is 7.05. The average Bonchev–Trinajstić information content (AvgIpc) is 3.41. The summed E-state index contributed by atoms with van der Waals surface area (Å²) in [7, 11) is 1.59. The largest absolute Gasteiger partial charge is 0.497 e. The number of hydrogen-bond donors (Lipinski definition) is 1. The fourth-order valence-electron chi connectivity index (χ4n) is 2.66. The van der Waals surface area contributed by atoms with Gasteiger partial charge in [-0.25, -0.2) is 0 Å². The number of aromatic nitrogens is 3.